The lowest BCUT2D eigenvalue weighted by atomic mass is 9.84. The molecule has 58 heavy (non-hydrogen) atoms. The third-order valence-corrected chi connectivity index (χ3v) is 11.7. The van der Waals surface area contributed by atoms with E-state index in [2.05, 4.69) is 21.5 Å². The number of nitrogens with zero attached hydrogens (tertiary/aromatic N) is 3. The van der Waals surface area contributed by atoms with Gasteiger partial charge in [-0.05, 0) is 89.1 Å². The SMILES string of the molecule is C#CCCCON(C(=O)[C@@H](NC(=O)[C@H]1CCCCN1C)[C@@H](C)CC)[C@H](C[C@@H](OC(C)=O)c1nc(C(=O)N[C@@H](Cc2ccc(O)cc2)CC(C)(C)C(=O)O)cs1)C(C)C. The van der Waals surface area contributed by atoms with Gasteiger partial charge < -0.3 is 25.6 Å². The zero-order chi connectivity index (χ0) is 43.2. The number of rotatable bonds is 22. The number of carboxylic acid groups (broad SMARTS) is 1. The molecule has 15 heteroatoms. The summed E-state index contributed by atoms with van der Waals surface area (Å²) in [4.78, 5) is 79.5. The average molecular weight is 826 g/mol. The first-order valence-electron chi connectivity index (χ1n) is 20.2. The fourth-order valence-electron chi connectivity index (χ4n) is 6.99. The van der Waals surface area contributed by atoms with E-state index in [0.29, 0.717) is 37.1 Å². The molecule has 2 aromatic rings. The van der Waals surface area contributed by atoms with Crippen molar-refractivity contribution in [1.29, 1.82) is 0 Å². The molecule has 0 saturated carbocycles. The number of piperidine rings is 1. The summed E-state index contributed by atoms with van der Waals surface area (Å²) in [5, 5.41) is 28.8. The number of aliphatic carboxylic acids is 1. The largest absolute Gasteiger partial charge is 0.508 e. The maximum Gasteiger partial charge on any atom is 0.309 e. The zero-order valence-electron chi connectivity index (χ0n) is 35.3. The lowest BCUT2D eigenvalue weighted by Crippen LogP contribution is -2.58. The van der Waals surface area contributed by atoms with E-state index in [-0.39, 0.29) is 54.7 Å². The van der Waals surface area contributed by atoms with E-state index in [9.17, 15) is 34.2 Å². The first kappa shape index (κ1) is 47.9. The number of phenols is 1. The molecule has 6 atom stereocenters. The number of amides is 3. The average Bonchev–Trinajstić information content (AvgIpc) is 3.67. The van der Waals surface area contributed by atoms with Crippen LogP contribution in [0, 0.1) is 29.6 Å². The van der Waals surface area contributed by atoms with Crippen molar-refractivity contribution in [3.63, 3.8) is 0 Å². The number of likely N-dealkylation sites (tertiary alicyclic amines) is 1. The lowest BCUT2D eigenvalue weighted by Gasteiger charge is -2.39. The van der Waals surface area contributed by atoms with Gasteiger partial charge in [-0.1, -0.05) is 52.7 Å². The number of aromatic nitrogens is 1. The molecule has 0 aliphatic carbocycles. The van der Waals surface area contributed by atoms with Gasteiger partial charge in [0.25, 0.3) is 11.8 Å². The van der Waals surface area contributed by atoms with Crippen LogP contribution in [0.4, 0.5) is 0 Å². The molecule has 0 bridgehead atoms. The smallest absolute Gasteiger partial charge is 0.309 e. The van der Waals surface area contributed by atoms with E-state index >= 15 is 0 Å². The van der Waals surface area contributed by atoms with Gasteiger partial charge in [0.2, 0.25) is 5.91 Å². The third kappa shape index (κ3) is 14.1. The number of hydrogen-bond donors (Lipinski definition) is 4. The van der Waals surface area contributed by atoms with Gasteiger partial charge in [-0.2, -0.15) is 0 Å². The highest BCUT2D eigenvalue weighted by molar-refractivity contribution is 7.09. The summed E-state index contributed by atoms with van der Waals surface area (Å²) < 4.78 is 5.83. The van der Waals surface area contributed by atoms with Crippen LogP contribution < -0.4 is 10.6 Å². The number of hydroxylamine groups is 2. The van der Waals surface area contributed by atoms with Crippen LogP contribution in [0.25, 0.3) is 0 Å². The Morgan fingerprint density at radius 2 is 1.81 bits per heavy atom. The molecule has 1 fully saturated rings. The molecule has 3 rings (SSSR count). The van der Waals surface area contributed by atoms with Crippen LogP contribution in [0.2, 0.25) is 0 Å². The van der Waals surface area contributed by atoms with Crippen LogP contribution in [-0.4, -0.2) is 99.2 Å². The number of ether oxygens (including phenoxy) is 1. The van der Waals surface area contributed by atoms with Crippen molar-refractivity contribution in [3.8, 4) is 18.1 Å². The Balaban J connectivity index is 1.94. The Labute approximate surface area is 347 Å². The molecule has 14 nitrogen and oxygen atoms in total. The molecule has 1 aliphatic rings. The van der Waals surface area contributed by atoms with Gasteiger partial charge in [0.1, 0.15) is 22.5 Å². The number of carboxylic acids is 1. The van der Waals surface area contributed by atoms with Crippen LogP contribution in [0.1, 0.15) is 127 Å². The van der Waals surface area contributed by atoms with Gasteiger partial charge in [0, 0.05) is 31.2 Å². The molecule has 4 N–H and O–H groups in total. The van der Waals surface area contributed by atoms with Crippen LogP contribution in [-0.2, 0) is 35.2 Å². The number of esters is 1. The summed E-state index contributed by atoms with van der Waals surface area (Å²) in [6.07, 6.45) is 9.14. The number of carbonyl (C=O) groups excluding carboxylic acids is 4. The van der Waals surface area contributed by atoms with Crippen molar-refractivity contribution >= 4 is 41.0 Å². The third-order valence-electron chi connectivity index (χ3n) is 10.7. The van der Waals surface area contributed by atoms with Crippen molar-refractivity contribution in [2.45, 2.75) is 137 Å². The van der Waals surface area contributed by atoms with Gasteiger partial charge in [-0.25, -0.2) is 10.0 Å². The highest BCUT2D eigenvalue weighted by atomic mass is 32.1. The summed E-state index contributed by atoms with van der Waals surface area (Å²) in [7, 11) is 1.91. The van der Waals surface area contributed by atoms with E-state index in [1.165, 1.54) is 24.1 Å². The Morgan fingerprint density at radius 3 is 2.40 bits per heavy atom. The first-order chi connectivity index (χ1) is 27.4. The predicted octanol–water partition coefficient (Wildman–Crippen LogP) is 5.90. The summed E-state index contributed by atoms with van der Waals surface area (Å²) in [6, 6.07) is 3.94. The predicted molar refractivity (Wildman–Crippen MR) is 221 cm³/mol. The van der Waals surface area contributed by atoms with E-state index in [4.69, 9.17) is 16.0 Å². The molecular weight excluding hydrogens is 763 g/mol. The second-order valence-electron chi connectivity index (χ2n) is 16.3. The molecule has 0 spiro atoms. The lowest BCUT2D eigenvalue weighted by molar-refractivity contribution is -0.213. The van der Waals surface area contributed by atoms with Crippen molar-refractivity contribution in [1.82, 2.24) is 25.6 Å². The van der Waals surface area contributed by atoms with Crippen LogP contribution in [0.5, 0.6) is 5.75 Å². The fraction of sp³-hybridized carbons (Fsp3) is 0.628. The quantitative estimate of drug-likeness (QED) is 0.0479. The summed E-state index contributed by atoms with van der Waals surface area (Å²) in [5.74, 6) is -0.576. The van der Waals surface area contributed by atoms with Crippen molar-refractivity contribution < 1.29 is 43.8 Å². The number of likely N-dealkylation sites (N-methyl/N-ethyl adjacent to an activating group) is 1. The Morgan fingerprint density at radius 1 is 1.12 bits per heavy atom. The minimum atomic E-state index is -1.16. The fourth-order valence-corrected chi connectivity index (χ4v) is 7.83. The Kier molecular flexibility index (Phi) is 18.6. The van der Waals surface area contributed by atoms with Gasteiger partial charge in [-0.3, -0.25) is 33.7 Å². The maximum absolute atomic E-state index is 14.7. The Bertz CT molecular complexity index is 1720. The van der Waals surface area contributed by atoms with Crippen molar-refractivity contribution in [2.75, 3.05) is 20.2 Å². The first-order valence-corrected chi connectivity index (χ1v) is 21.1. The zero-order valence-corrected chi connectivity index (χ0v) is 36.1. The number of carbonyl (C=O) groups is 5. The minimum absolute atomic E-state index is 0.0489. The molecule has 0 radical (unpaired) electrons. The number of nitrogens with one attached hydrogen (secondary N) is 2. The van der Waals surface area contributed by atoms with Crippen LogP contribution in [0.15, 0.2) is 29.6 Å². The maximum atomic E-state index is 14.7. The molecular formula is C43H63N5O9S. The second-order valence-corrected chi connectivity index (χ2v) is 17.2. The van der Waals surface area contributed by atoms with Crippen LogP contribution >= 0.6 is 11.3 Å². The number of hydrogen-bond acceptors (Lipinski definition) is 11. The van der Waals surface area contributed by atoms with E-state index in [0.717, 1.165) is 36.3 Å². The van der Waals surface area contributed by atoms with Crippen molar-refractivity contribution in [2.24, 2.45) is 17.3 Å². The second kappa shape index (κ2) is 22.6. The minimum Gasteiger partial charge on any atom is -0.508 e. The van der Waals surface area contributed by atoms with Crippen LogP contribution in [0.3, 0.4) is 0 Å². The Hall–Kier alpha value is -4.52. The standard InChI is InChI=1S/C43H63N5O9S/c1-10-12-15-22-56-48(41(53)37(28(5)11-2)46-39(52)34-16-13-14-21-47(34)9)35(27(3)4)24-36(57-29(6)49)40-45-33(26-58-40)38(51)44-31(25-43(7,8)42(54)55)23-30-17-19-32(50)20-18-30/h1,17-20,26-28,31,34-37,50H,11-16,21-25H2,2-9H3,(H,44,51)(H,46,52)(H,54,55)/t28-,31-,34+,35+,36+,37-/m0/s1. The normalized spacial score (nSPS) is 17.3. The highest BCUT2D eigenvalue weighted by Gasteiger charge is 2.40. The highest BCUT2D eigenvalue weighted by Crippen LogP contribution is 2.32. The molecule has 1 saturated heterocycles. The number of terminal acetylenes is 1. The molecule has 3 amide bonds. The topological polar surface area (TPSA) is 188 Å². The van der Waals surface area contributed by atoms with Gasteiger partial charge >= 0.3 is 11.9 Å². The van der Waals surface area contributed by atoms with Gasteiger partial charge in [-0.15, -0.1) is 23.7 Å². The summed E-state index contributed by atoms with van der Waals surface area (Å²) in [6.45, 7) is 13.1. The van der Waals surface area contributed by atoms with Gasteiger partial charge in [0.15, 0.2) is 6.10 Å². The summed E-state index contributed by atoms with van der Waals surface area (Å²) in [5.41, 5.74) is -0.327. The number of benzene rings is 1. The molecule has 1 aromatic carbocycles. The number of unbranched alkanes of at least 4 members (excludes halogenated alkanes) is 1. The molecule has 1 aromatic heterocycles. The molecule has 0 unspecified atom stereocenters. The number of phenolic OH excluding ortho intramolecular Hbond substituents is 1. The van der Waals surface area contributed by atoms with E-state index in [1.807, 2.05) is 39.6 Å². The molecule has 320 valence electrons. The number of thiazole rings is 1. The van der Waals surface area contributed by atoms with E-state index in [1.54, 1.807) is 31.4 Å². The monoisotopic (exact) mass is 825 g/mol. The summed E-state index contributed by atoms with van der Waals surface area (Å²) >= 11 is 1.12. The van der Waals surface area contributed by atoms with Crippen molar-refractivity contribution in [3.05, 3.63) is 45.9 Å². The molecule has 2 heterocycles. The number of aromatic hydroxyl groups is 1. The molecule has 1 aliphatic heterocycles. The van der Waals surface area contributed by atoms with Gasteiger partial charge in [0.05, 0.1) is 24.1 Å². The van der Waals surface area contributed by atoms with E-state index < -0.39 is 53.4 Å².